The lowest BCUT2D eigenvalue weighted by Crippen LogP contribution is -2.21. The third kappa shape index (κ3) is 5.45. The van der Waals surface area contributed by atoms with Crippen LogP contribution in [0.5, 0.6) is 5.75 Å². The van der Waals surface area contributed by atoms with Gasteiger partial charge in [0.25, 0.3) is 0 Å². The second-order valence-electron chi connectivity index (χ2n) is 5.31. The van der Waals surface area contributed by atoms with Crippen LogP contribution in [0, 0.1) is 5.92 Å². The van der Waals surface area contributed by atoms with Crippen LogP contribution in [-0.4, -0.2) is 30.3 Å². The van der Waals surface area contributed by atoms with Crippen LogP contribution in [-0.2, 0) is 4.79 Å². The van der Waals surface area contributed by atoms with Crippen LogP contribution in [0.2, 0.25) is 0 Å². The van der Waals surface area contributed by atoms with Gasteiger partial charge in [-0.1, -0.05) is 13.8 Å². The maximum absolute atomic E-state index is 11.5. The van der Waals surface area contributed by atoms with E-state index < -0.39 is 0 Å². The fourth-order valence-corrected chi connectivity index (χ4v) is 2.02. The van der Waals surface area contributed by atoms with Crippen LogP contribution in [0.1, 0.15) is 39.7 Å². The van der Waals surface area contributed by atoms with Crippen LogP contribution in [0.25, 0.3) is 0 Å². The number of hydrogen-bond donors (Lipinski definition) is 2. The number of rotatable bonds is 7. The highest BCUT2D eigenvalue weighted by Gasteiger charge is 2.06. The SMILES string of the molecule is CCN(CC)c1ccc(C=NNC(=O)CC(C)C)c(O)c1. The van der Waals surface area contributed by atoms with Gasteiger partial charge in [0.2, 0.25) is 5.91 Å². The molecule has 2 N–H and O–H groups in total. The zero-order valence-electron chi connectivity index (χ0n) is 13.3. The smallest absolute Gasteiger partial charge is 0.240 e. The van der Waals surface area contributed by atoms with E-state index >= 15 is 0 Å². The summed E-state index contributed by atoms with van der Waals surface area (Å²) < 4.78 is 0. The van der Waals surface area contributed by atoms with Crippen molar-refractivity contribution in [2.24, 2.45) is 11.0 Å². The summed E-state index contributed by atoms with van der Waals surface area (Å²) in [5.74, 6) is 0.323. The Labute approximate surface area is 126 Å². The van der Waals surface area contributed by atoms with E-state index in [2.05, 4.69) is 29.3 Å². The Morgan fingerprint density at radius 1 is 1.38 bits per heavy atom. The number of benzene rings is 1. The van der Waals surface area contributed by atoms with Crippen LogP contribution in [0.3, 0.4) is 0 Å². The van der Waals surface area contributed by atoms with Crippen molar-refractivity contribution in [1.82, 2.24) is 5.43 Å². The minimum Gasteiger partial charge on any atom is -0.507 e. The summed E-state index contributed by atoms with van der Waals surface area (Å²) >= 11 is 0. The molecule has 21 heavy (non-hydrogen) atoms. The molecule has 5 heteroatoms. The number of nitrogens with zero attached hydrogens (tertiary/aromatic N) is 2. The maximum atomic E-state index is 11.5. The van der Waals surface area contributed by atoms with Crippen molar-refractivity contribution in [3.8, 4) is 5.75 Å². The van der Waals surface area contributed by atoms with Gasteiger partial charge in [0, 0.05) is 36.8 Å². The molecule has 1 rings (SSSR count). The summed E-state index contributed by atoms with van der Waals surface area (Å²) in [5.41, 5.74) is 4.01. The molecule has 0 saturated heterocycles. The Bertz CT molecular complexity index is 494. The molecule has 0 fully saturated rings. The van der Waals surface area contributed by atoms with Gasteiger partial charge in [-0.25, -0.2) is 5.43 Å². The van der Waals surface area contributed by atoms with E-state index in [9.17, 15) is 9.90 Å². The monoisotopic (exact) mass is 291 g/mol. The Hall–Kier alpha value is -2.04. The van der Waals surface area contributed by atoms with E-state index in [-0.39, 0.29) is 11.7 Å². The molecular weight excluding hydrogens is 266 g/mol. The molecule has 0 radical (unpaired) electrons. The largest absolute Gasteiger partial charge is 0.507 e. The lowest BCUT2D eigenvalue weighted by Gasteiger charge is -2.21. The standard InChI is InChI=1S/C16H25N3O2/c1-5-19(6-2)14-8-7-13(15(20)10-14)11-17-18-16(21)9-12(3)4/h7-8,10-12,20H,5-6,9H2,1-4H3,(H,18,21). The highest BCUT2D eigenvalue weighted by Crippen LogP contribution is 2.23. The van der Waals surface area contributed by atoms with Crippen molar-refractivity contribution in [3.63, 3.8) is 0 Å². The Balaban J connectivity index is 2.70. The zero-order chi connectivity index (χ0) is 15.8. The number of hydrogen-bond acceptors (Lipinski definition) is 4. The number of phenols is 1. The average Bonchev–Trinajstić information content (AvgIpc) is 2.41. The van der Waals surface area contributed by atoms with Crippen LogP contribution in [0.4, 0.5) is 5.69 Å². The van der Waals surface area contributed by atoms with Gasteiger partial charge in [-0.3, -0.25) is 4.79 Å². The first kappa shape index (κ1) is 17.0. The second-order valence-corrected chi connectivity index (χ2v) is 5.31. The van der Waals surface area contributed by atoms with E-state index in [0.29, 0.717) is 17.9 Å². The van der Waals surface area contributed by atoms with Crippen molar-refractivity contribution in [1.29, 1.82) is 0 Å². The first-order chi connectivity index (χ1) is 9.97. The zero-order valence-corrected chi connectivity index (χ0v) is 13.3. The van der Waals surface area contributed by atoms with Crippen molar-refractivity contribution < 1.29 is 9.90 Å². The van der Waals surface area contributed by atoms with E-state index in [1.807, 2.05) is 19.9 Å². The molecule has 0 aliphatic carbocycles. The summed E-state index contributed by atoms with van der Waals surface area (Å²) in [7, 11) is 0. The van der Waals surface area contributed by atoms with Crippen LogP contribution >= 0.6 is 0 Å². The lowest BCUT2D eigenvalue weighted by atomic mass is 10.1. The third-order valence-corrected chi connectivity index (χ3v) is 3.13. The molecule has 1 aromatic carbocycles. The first-order valence-corrected chi connectivity index (χ1v) is 7.37. The van der Waals surface area contributed by atoms with Crippen molar-refractivity contribution in [3.05, 3.63) is 23.8 Å². The molecule has 1 amide bonds. The molecule has 0 saturated carbocycles. The number of aromatic hydroxyl groups is 1. The predicted molar refractivity (Wildman–Crippen MR) is 86.9 cm³/mol. The number of carbonyl (C=O) groups excluding carboxylic acids is 1. The summed E-state index contributed by atoms with van der Waals surface area (Å²) in [6, 6.07) is 5.44. The van der Waals surface area contributed by atoms with Crippen LogP contribution in [0.15, 0.2) is 23.3 Å². The number of carbonyl (C=O) groups is 1. The van der Waals surface area contributed by atoms with E-state index in [1.165, 1.54) is 6.21 Å². The maximum Gasteiger partial charge on any atom is 0.240 e. The lowest BCUT2D eigenvalue weighted by molar-refractivity contribution is -0.121. The van der Waals surface area contributed by atoms with Gasteiger partial charge in [0.15, 0.2) is 0 Å². The van der Waals surface area contributed by atoms with Gasteiger partial charge < -0.3 is 10.0 Å². The first-order valence-electron chi connectivity index (χ1n) is 7.37. The summed E-state index contributed by atoms with van der Waals surface area (Å²) in [6.07, 6.45) is 1.89. The molecule has 0 atom stereocenters. The van der Waals surface area contributed by atoms with Crippen molar-refractivity contribution >= 4 is 17.8 Å². The van der Waals surface area contributed by atoms with Gasteiger partial charge in [-0.05, 0) is 31.9 Å². The fraction of sp³-hybridized carbons (Fsp3) is 0.500. The number of anilines is 1. The number of amides is 1. The molecule has 0 aliphatic rings. The van der Waals surface area contributed by atoms with E-state index in [0.717, 1.165) is 18.8 Å². The van der Waals surface area contributed by atoms with Gasteiger partial charge in [0.1, 0.15) is 5.75 Å². The third-order valence-electron chi connectivity index (χ3n) is 3.13. The molecule has 0 aliphatic heterocycles. The normalized spacial score (nSPS) is 11.1. The summed E-state index contributed by atoms with van der Waals surface area (Å²) in [4.78, 5) is 13.6. The summed E-state index contributed by atoms with van der Waals surface area (Å²) in [6.45, 7) is 9.85. The molecule has 116 valence electrons. The van der Waals surface area contributed by atoms with Crippen molar-refractivity contribution in [2.45, 2.75) is 34.1 Å². The molecule has 0 unspecified atom stereocenters. The minimum absolute atomic E-state index is 0.125. The van der Waals surface area contributed by atoms with E-state index in [1.54, 1.807) is 12.1 Å². The topological polar surface area (TPSA) is 64.9 Å². The molecular formula is C16H25N3O2. The van der Waals surface area contributed by atoms with Crippen molar-refractivity contribution in [2.75, 3.05) is 18.0 Å². The van der Waals surface area contributed by atoms with E-state index in [4.69, 9.17) is 0 Å². The number of nitrogens with one attached hydrogen (secondary N) is 1. The summed E-state index contributed by atoms with van der Waals surface area (Å²) in [5, 5.41) is 13.9. The van der Waals surface area contributed by atoms with Gasteiger partial charge in [-0.15, -0.1) is 0 Å². The molecule has 0 aromatic heterocycles. The van der Waals surface area contributed by atoms with Crippen LogP contribution < -0.4 is 10.3 Å². The van der Waals surface area contributed by atoms with Gasteiger partial charge in [-0.2, -0.15) is 5.10 Å². The fourth-order valence-electron chi connectivity index (χ4n) is 2.02. The quantitative estimate of drug-likeness (QED) is 0.599. The molecule has 5 nitrogen and oxygen atoms in total. The highest BCUT2D eigenvalue weighted by atomic mass is 16.3. The second kappa shape index (κ2) is 8.29. The Morgan fingerprint density at radius 2 is 2.05 bits per heavy atom. The number of hydrazone groups is 1. The minimum atomic E-state index is -0.125. The molecule has 0 heterocycles. The molecule has 0 spiro atoms. The molecule has 0 bridgehead atoms. The van der Waals surface area contributed by atoms with Gasteiger partial charge >= 0.3 is 0 Å². The van der Waals surface area contributed by atoms with Gasteiger partial charge in [0.05, 0.1) is 6.21 Å². The Morgan fingerprint density at radius 3 is 2.57 bits per heavy atom. The number of phenolic OH excluding ortho intramolecular Hbond substituents is 1. The predicted octanol–water partition coefficient (Wildman–Crippen LogP) is 2.73. The average molecular weight is 291 g/mol. The highest BCUT2D eigenvalue weighted by molar-refractivity contribution is 5.86. The Kier molecular flexibility index (Phi) is 6.72. The molecule has 1 aromatic rings.